The Labute approximate surface area is 296 Å². The van der Waals surface area contributed by atoms with E-state index in [0.29, 0.717) is 0 Å². The van der Waals surface area contributed by atoms with Gasteiger partial charge in [0.2, 0.25) is 0 Å². The zero-order valence-electron chi connectivity index (χ0n) is 27.4. The molecule has 0 spiro atoms. The van der Waals surface area contributed by atoms with Gasteiger partial charge >= 0.3 is 22.4 Å². The van der Waals surface area contributed by atoms with Crippen LogP contribution in [0.1, 0.15) is 52.7 Å². The van der Waals surface area contributed by atoms with Crippen LogP contribution < -0.4 is 4.98 Å². The van der Waals surface area contributed by atoms with Crippen molar-refractivity contribution in [1.29, 1.82) is 0 Å². The van der Waals surface area contributed by atoms with Gasteiger partial charge in [-0.1, -0.05) is 108 Å². The minimum atomic E-state index is 0. The maximum absolute atomic E-state index is 5.35. The third kappa shape index (κ3) is 5.66. The molecular formula is C43H35AuN2S. The molecular weight excluding hydrogens is 774 g/mol. The predicted molar refractivity (Wildman–Crippen MR) is 197 cm³/mol. The van der Waals surface area contributed by atoms with Crippen LogP contribution in [0.5, 0.6) is 0 Å². The maximum atomic E-state index is 5.35. The largest absolute Gasteiger partial charge is 3.00 e. The van der Waals surface area contributed by atoms with E-state index in [9.17, 15) is 0 Å². The summed E-state index contributed by atoms with van der Waals surface area (Å²) in [6.07, 6.45) is 0. The Balaban J connectivity index is 0.00000351. The Morgan fingerprint density at radius 1 is 0.638 bits per heavy atom. The molecule has 8 aromatic rings. The van der Waals surface area contributed by atoms with Crippen LogP contribution in [0.3, 0.4) is 0 Å². The van der Waals surface area contributed by atoms with Gasteiger partial charge in [0.15, 0.2) is 0 Å². The van der Waals surface area contributed by atoms with Crippen LogP contribution >= 0.6 is 11.3 Å². The van der Waals surface area contributed by atoms with Gasteiger partial charge in [-0.2, -0.15) is 35.9 Å². The summed E-state index contributed by atoms with van der Waals surface area (Å²) in [5, 5.41) is 3.50. The summed E-state index contributed by atoms with van der Waals surface area (Å²) in [5.74, 6) is 0. The molecule has 4 heteroatoms. The first-order chi connectivity index (χ1) is 22.0. The van der Waals surface area contributed by atoms with Crippen molar-refractivity contribution in [3.63, 3.8) is 0 Å². The van der Waals surface area contributed by atoms with Gasteiger partial charge in [0.25, 0.3) is 0 Å². The summed E-state index contributed by atoms with van der Waals surface area (Å²) < 4.78 is 2.37. The van der Waals surface area contributed by atoms with Crippen LogP contribution in [0.15, 0.2) is 103 Å². The van der Waals surface area contributed by atoms with Gasteiger partial charge < -0.3 is 4.98 Å². The molecule has 8 rings (SSSR count). The Bertz CT molecular complexity index is 2340. The molecule has 0 aliphatic rings. The number of pyridine rings is 1. The van der Waals surface area contributed by atoms with E-state index < -0.39 is 0 Å². The minimum absolute atomic E-state index is 0. The van der Waals surface area contributed by atoms with E-state index in [1.807, 2.05) is 0 Å². The molecule has 5 aromatic carbocycles. The average Bonchev–Trinajstić information content (AvgIpc) is 3.62. The molecule has 3 aromatic heterocycles. The normalized spacial score (nSPS) is 12.3. The number of thiophene rings is 1. The Hall–Kier alpha value is -3.99. The Morgan fingerprint density at radius 3 is 2.06 bits per heavy atom. The first-order valence-corrected chi connectivity index (χ1v) is 16.7. The van der Waals surface area contributed by atoms with Crippen molar-refractivity contribution in [2.24, 2.45) is 0 Å². The summed E-state index contributed by atoms with van der Waals surface area (Å²) in [7, 11) is 0. The zero-order chi connectivity index (χ0) is 31.8. The van der Waals surface area contributed by atoms with Gasteiger partial charge in [0.1, 0.15) is 0 Å². The number of rotatable bonds is 3. The first-order valence-electron chi connectivity index (χ1n) is 15.9. The van der Waals surface area contributed by atoms with Crippen molar-refractivity contribution in [2.75, 3.05) is 0 Å². The summed E-state index contributed by atoms with van der Waals surface area (Å²) in [4.78, 5) is 10.4. The summed E-state index contributed by atoms with van der Waals surface area (Å²) in [5.41, 5.74) is 12.0. The van der Waals surface area contributed by atoms with Gasteiger partial charge in [0.05, 0.1) is 10.2 Å². The van der Waals surface area contributed by atoms with E-state index in [-0.39, 0.29) is 33.2 Å². The fourth-order valence-corrected chi connectivity index (χ4v) is 7.41. The van der Waals surface area contributed by atoms with Crippen LogP contribution in [0.25, 0.3) is 75.6 Å². The molecule has 0 N–H and O–H groups in total. The second-order valence-corrected chi connectivity index (χ2v) is 15.5. The van der Waals surface area contributed by atoms with Crippen molar-refractivity contribution in [1.82, 2.24) is 9.97 Å². The number of hydrogen-bond donors (Lipinski definition) is 0. The van der Waals surface area contributed by atoms with Crippen LogP contribution in [-0.2, 0) is 33.2 Å². The molecule has 0 atom stereocenters. The van der Waals surface area contributed by atoms with Gasteiger partial charge in [-0.15, -0.1) is 45.6 Å². The third-order valence-electron chi connectivity index (χ3n) is 9.08. The van der Waals surface area contributed by atoms with Gasteiger partial charge in [-0.3, -0.25) is 4.98 Å². The average molecular weight is 809 g/mol. The fourth-order valence-electron chi connectivity index (χ4n) is 6.36. The van der Waals surface area contributed by atoms with Gasteiger partial charge in [-0.05, 0) is 44.9 Å². The Kier molecular flexibility index (Phi) is 7.81. The molecule has 234 valence electrons. The molecule has 3 heterocycles. The molecule has 0 fully saturated rings. The molecule has 2 nitrogen and oxygen atoms in total. The number of benzene rings is 5. The summed E-state index contributed by atoms with van der Waals surface area (Å²) in [6, 6.07) is 44.4. The molecule has 0 saturated heterocycles. The number of hydrogen-bond acceptors (Lipinski definition) is 2. The fraction of sp³-hybridized carbons (Fsp3) is 0.186. The molecule has 0 aliphatic heterocycles. The zero-order valence-corrected chi connectivity index (χ0v) is 30.4. The second-order valence-electron chi connectivity index (χ2n) is 14.4. The van der Waals surface area contributed by atoms with Crippen LogP contribution in [0.4, 0.5) is 0 Å². The van der Waals surface area contributed by atoms with Crippen LogP contribution in [0.2, 0.25) is 0 Å². The molecule has 0 aliphatic carbocycles. The van der Waals surface area contributed by atoms with Crippen molar-refractivity contribution >= 4 is 53.4 Å². The first kappa shape index (κ1) is 31.6. The molecule has 0 saturated carbocycles. The van der Waals surface area contributed by atoms with Crippen molar-refractivity contribution in [2.45, 2.75) is 52.4 Å². The number of para-hydroxylation sites is 1. The monoisotopic (exact) mass is 808 g/mol. The van der Waals surface area contributed by atoms with Crippen molar-refractivity contribution in [3.8, 4) is 33.5 Å². The minimum Gasteiger partial charge on any atom is -0.656 e. The van der Waals surface area contributed by atoms with Gasteiger partial charge in [0, 0.05) is 15.8 Å². The van der Waals surface area contributed by atoms with E-state index in [2.05, 4.69) is 157 Å². The molecule has 47 heavy (non-hydrogen) atoms. The van der Waals surface area contributed by atoms with E-state index in [0.717, 1.165) is 49.9 Å². The van der Waals surface area contributed by atoms with E-state index in [4.69, 9.17) is 9.97 Å². The van der Waals surface area contributed by atoms with E-state index in [1.165, 1.54) is 36.9 Å². The molecule has 0 bridgehead atoms. The van der Waals surface area contributed by atoms with Gasteiger partial charge in [-0.25, -0.2) is 5.56 Å². The second kappa shape index (κ2) is 11.6. The van der Waals surface area contributed by atoms with Crippen LogP contribution in [-0.4, -0.2) is 4.98 Å². The molecule has 0 amide bonds. The van der Waals surface area contributed by atoms with E-state index >= 15 is 0 Å². The quantitative estimate of drug-likeness (QED) is 0.131. The smallest absolute Gasteiger partial charge is 0.656 e. The summed E-state index contributed by atoms with van der Waals surface area (Å²) >= 11 is 1.78. The standard InChI is InChI=1S/C43H35N2S.Au/c1-42(2,3)31-15-11-26(12-16-31)28-23-29(27-13-17-32(18-14-27)43(4,5)6)25-30(24-28)35-20-22-38-41(44-35)39-37(46-38)21-19-34-33-9-7-8-10-36(33)45-40(34)39;/h7-13,15-24H,1-6H3;/q-3;+3. The molecule has 0 unspecified atom stereocenters. The topological polar surface area (TPSA) is 27.0 Å². The van der Waals surface area contributed by atoms with Crippen molar-refractivity contribution < 1.29 is 22.4 Å². The van der Waals surface area contributed by atoms with Crippen LogP contribution in [0, 0.1) is 12.1 Å². The number of fused-ring (bicyclic) bond motifs is 7. The number of nitrogens with zero attached hydrogens (tertiary/aromatic N) is 2. The van der Waals surface area contributed by atoms with Crippen molar-refractivity contribution in [3.05, 3.63) is 126 Å². The third-order valence-corrected chi connectivity index (χ3v) is 10.2. The Morgan fingerprint density at radius 2 is 1.34 bits per heavy atom. The summed E-state index contributed by atoms with van der Waals surface area (Å²) in [6.45, 7) is 13.5. The van der Waals surface area contributed by atoms with E-state index in [1.54, 1.807) is 11.3 Å². The predicted octanol–water partition coefficient (Wildman–Crippen LogP) is 11.9. The SMILES string of the molecule is CC(C)(C)c1c[c-]c(-c2[c-]c(-c3ccc4sc5ccc6c7ccccc7[n-]c6c5c4n3)cc(-c3ccc(C(C)(C)C)cc3)c2)cc1.[Au+3]. The number of aromatic nitrogens is 2. The maximum Gasteiger partial charge on any atom is 3.00 e. The molecule has 0 radical (unpaired) electrons.